The molecule has 92 valence electrons. The van der Waals surface area contributed by atoms with Crippen molar-refractivity contribution in [2.45, 2.75) is 31.7 Å². The molecule has 0 bridgehead atoms. The fourth-order valence-electron chi connectivity index (χ4n) is 1.63. The molecule has 0 aliphatic heterocycles. The minimum absolute atomic E-state index is 0.0401. The smallest absolute Gasteiger partial charge is 0.305 e. The fourth-order valence-corrected chi connectivity index (χ4v) is 1.63. The molecule has 0 radical (unpaired) electrons. The molecule has 5 nitrogen and oxygen atoms in total. The molecule has 0 aromatic heterocycles. The minimum atomic E-state index is -0.843. The van der Waals surface area contributed by atoms with Crippen LogP contribution in [0.4, 0.5) is 0 Å². The SMILES string of the molecule is CN(C)CCC(=O)NC(CC(=O)O)C1CC1. The van der Waals surface area contributed by atoms with Crippen molar-refractivity contribution in [2.75, 3.05) is 20.6 Å². The van der Waals surface area contributed by atoms with E-state index in [1.807, 2.05) is 19.0 Å². The lowest BCUT2D eigenvalue weighted by atomic mass is 10.1. The fraction of sp³-hybridized carbons (Fsp3) is 0.818. The van der Waals surface area contributed by atoms with Crippen molar-refractivity contribution in [1.29, 1.82) is 0 Å². The Kier molecular flexibility index (Phi) is 4.73. The quantitative estimate of drug-likeness (QED) is 0.658. The summed E-state index contributed by atoms with van der Waals surface area (Å²) in [6.45, 7) is 0.691. The lowest BCUT2D eigenvalue weighted by Gasteiger charge is -2.17. The van der Waals surface area contributed by atoms with Gasteiger partial charge in [0.05, 0.1) is 6.42 Å². The Labute approximate surface area is 95.8 Å². The van der Waals surface area contributed by atoms with Crippen LogP contribution in [0.25, 0.3) is 0 Å². The zero-order valence-corrected chi connectivity index (χ0v) is 9.90. The summed E-state index contributed by atoms with van der Waals surface area (Å²) in [6.07, 6.45) is 2.53. The molecule has 16 heavy (non-hydrogen) atoms. The Morgan fingerprint density at radius 3 is 2.50 bits per heavy atom. The molecule has 0 spiro atoms. The number of carbonyl (C=O) groups excluding carboxylic acids is 1. The van der Waals surface area contributed by atoms with Crippen LogP contribution in [-0.2, 0) is 9.59 Å². The van der Waals surface area contributed by atoms with Gasteiger partial charge in [-0.1, -0.05) is 0 Å². The summed E-state index contributed by atoms with van der Waals surface area (Å²) in [6, 6.07) is -0.174. The number of aliphatic carboxylic acids is 1. The van der Waals surface area contributed by atoms with Crippen LogP contribution >= 0.6 is 0 Å². The summed E-state index contributed by atoms with van der Waals surface area (Å²) < 4.78 is 0. The van der Waals surface area contributed by atoms with Crippen molar-refractivity contribution >= 4 is 11.9 Å². The van der Waals surface area contributed by atoms with E-state index in [0.29, 0.717) is 18.9 Å². The normalized spacial score (nSPS) is 17.2. The van der Waals surface area contributed by atoms with E-state index in [1.165, 1.54) is 0 Å². The van der Waals surface area contributed by atoms with Gasteiger partial charge in [0.2, 0.25) is 5.91 Å². The van der Waals surface area contributed by atoms with E-state index in [4.69, 9.17) is 5.11 Å². The zero-order chi connectivity index (χ0) is 12.1. The molecule has 1 amide bonds. The van der Waals surface area contributed by atoms with Crippen molar-refractivity contribution in [3.8, 4) is 0 Å². The molecule has 0 aromatic rings. The Morgan fingerprint density at radius 2 is 2.06 bits per heavy atom. The molecule has 5 heteroatoms. The lowest BCUT2D eigenvalue weighted by Crippen LogP contribution is -2.39. The first-order valence-electron chi connectivity index (χ1n) is 5.65. The molecule has 0 aromatic carbocycles. The highest BCUT2D eigenvalue weighted by molar-refractivity contribution is 5.77. The van der Waals surface area contributed by atoms with E-state index < -0.39 is 5.97 Å². The third-order valence-corrected chi connectivity index (χ3v) is 2.72. The molecule has 1 rings (SSSR count). The van der Waals surface area contributed by atoms with Crippen LogP contribution in [0.2, 0.25) is 0 Å². The number of nitrogens with zero attached hydrogens (tertiary/aromatic N) is 1. The molecular formula is C11H20N2O3. The van der Waals surface area contributed by atoms with E-state index in [0.717, 1.165) is 12.8 Å². The highest BCUT2D eigenvalue weighted by Crippen LogP contribution is 2.34. The topological polar surface area (TPSA) is 69.6 Å². The molecule has 1 aliphatic rings. The summed E-state index contributed by atoms with van der Waals surface area (Å²) >= 11 is 0. The lowest BCUT2D eigenvalue weighted by molar-refractivity contribution is -0.137. The highest BCUT2D eigenvalue weighted by Gasteiger charge is 2.33. The van der Waals surface area contributed by atoms with Gasteiger partial charge in [-0.05, 0) is 32.9 Å². The Hall–Kier alpha value is -1.10. The van der Waals surface area contributed by atoms with E-state index in [1.54, 1.807) is 0 Å². The van der Waals surface area contributed by atoms with Gasteiger partial charge in [0.25, 0.3) is 0 Å². The van der Waals surface area contributed by atoms with Crippen molar-refractivity contribution in [3.05, 3.63) is 0 Å². The molecule has 1 fully saturated rings. The highest BCUT2D eigenvalue weighted by atomic mass is 16.4. The minimum Gasteiger partial charge on any atom is -0.481 e. The molecule has 1 unspecified atom stereocenters. The molecular weight excluding hydrogens is 208 g/mol. The number of rotatable bonds is 7. The van der Waals surface area contributed by atoms with Crippen LogP contribution in [0.1, 0.15) is 25.7 Å². The molecule has 1 atom stereocenters. The summed E-state index contributed by atoms with van der Waals surface area (Å²) in [4.78, 5) is 24.1. The van der Waals surface area contributed by atoms with Gasteiger partial charge in [0.15, 0.2) is 0 Å². The van der Waals surface area contributed by atoms with Crippen LogP contribution in [-0.4, -0.2) is 48.6 Å². The molecule has 0 heterocycles. The van der Waals surface area contributed by atoms with Gasteiger partial charge in [-0.3, -0.25) is 9.59 Å². The predicted octanol–water partition coefficient (Wildman–Crippen LogP) is 0.308. The standard InChI is InChI=1S/C11H20N2O3/c1-13(2)6-5-10(14)12-9(7-11(15)16)8-3-4-8/h8-9H,3-7H2,1-2H3,(H,12,14)(H,15,16). The third kappa shape index (κ3) is 5.11. The first-order chi connectivity index (χ1) is 7.49. The first kappa shape index (κ1) is 13.0. The summed E-state index contributed by atoms with van der Waals surface area (Å²) in [5.74, 6) is -0.518. The summed E-state index contributed by atoms with van der Waals surface area (Å²) in [7, 11) is 3.81. The van der Waals surface area contributed by atoms with Gasteiger partial charge in [-0.15, -0.1) is 0 Å². The Balaban J connectivity index is 2.30. The van der Waals surface area contributed by atoms with Gasteiger partial charge in [-0.25, -0.2) is 0 Å². The van der Waals surface area contributed by atoms with Gasteiger partial charge in [-0.2, -0.15) is 0 Å². The van der Waals surface area contributed by atoms with Crippen molar-refractivity contribution in [3.63, 3.8) is 0 Å². The Bertz CT molecular complexity index is 262. The monoisotopic (exact) mass is 228 g/mol. The van der Waals surface area contributed by atoms with Crippen molar-refractivity contribution in [1.82, 2.24) is 10.2 Å². The van der Waals surface area contributed by atoms with Crippen LogP contribution in [0.5, 0.6) is 0 Å². The maximum absolute atomic E-state index is 11.5. The number of amides is 1. The largest absolute Gasteiger partial charge is 0.481 e. The van der Waals surface area contributed by atoms with E-state index in [9.17, 15) is 9.59 Å². The molecule has 1 saturated carbocycles. The zero-order valence-electron chi connectivity index (χ0n) is 9.90. The maximum atomic E-state index is 11.5. The average molecular weight is 228 g/mol. The number of carboxylic acids is 1. The second-order valence-electron chi connectivity index (χ2n) is 4.66. The number of carbonyl (C=O) groups is 2. The third-order valence-electron chi connectivity index (χ3n) is 2.72. The summed E-state index contributed by atoms with van der Waals surface area (Å²) in [5.41, 5.74) is 0. The van der Waals surface area contributed by atoms with Crippen LogP contribution in [0.3, 0.4) is 0 Å². The van der Waals surface area contributed by atoms with E-state index >= 15 is 0 Å². The number of carboxylic acid groups (broad SMARTS) is 1. The second-order valence-corrected chi connectivity index (χ2v) is 4.66. The predicted molar refractivity (Wildman–Crippen MR) is 60.1 cm³/mol. The number of hydrogen-bond donors (Lipinski definition) is 2. The second kappa shape index (κ2) is 5.84. The van der Waals surface area contributed by atoms with Crippen LogP contribution < -0.4 is 5.32 Å². The summed E-state index contributed by atoms with van der Waals surface area (Å²) in [5, 5.41) is 11.6. The van der Waals surface area contributed by atoms with Gasteiger partial charge in [0, 0.05) is 19.0 Å². The van der Waals surface area contributed by atoms with Gasteiger partial charge >= 0.3 is 5.97 Å². The molecule has 0 saturated heterocycles. The molecule has 1 aliphatic carbocycles. The molecule has 2 N–H and O–H groups in total. The number of nitrogens with one attached hydrogen (secondary N) is 1. The van der Waals surface area contributed by atoms with E-state index in [-0.39, 0.29) is 18.4 Å². The first-order valence-corrected chi connectivity index (χ1v) is 5.65. The maximum Gasteiger partial charge on any atom is 0.305 e. The average Bonchev–Trinajstić information content (AvgIpc) is 2.96. The van der Waals surface area contributed by atoms with Crippen LogP contribution in [0, 0.1) is 5.92 Å². The van der Waals surface area contributed by atoms with Gasteiger partial charge in [0.1, 0.15) is 0 Å². The number of hydrogen-bond acceptors (Lipinski definition) is 3. The van der Waals surface area contributed by atoms with Gasteiger partial charge < -0.3 is 15.3 Å². The van der Waals surface area contributed by atoms with Crippen LogP contribution in [0.15, 0.2) is 0 Å². The van der Waals surface area contributed by atoms with E-state index in [2.05, 4.69) is 5.32 Å². The van der Waals surface area contributed by atoms with Crippen molar-refractivity contribution in [2.24, 2.45) is 5.92 Å². The Morgan fingerprint density at radius 1 is 1.44 bits per heavy atom. The van der Waals surface area contributed by atoms with Crippen molar-refractivity contribution < 1.29 is 14.7 Å².